The molecular formula is C13H13BrN2O2S. The fourth-order valence-corrected chi connectivity index (χ4v) is 3.62. The van der Waals surface area contributed by atoms with Gasteiger partial charge in [0.2, 0.25) is 0 Å². The molecule has 19 heavy (non-hydrogen) atoms. The summed E-state index contributed by atoms with van der Waals surface area (Å²) >= 11 is 3.38. The summed E-state index contributed by atoms with van der Waals surface area (Å²) in [5.41, 5.74) is 2.32. The SMILES string of the molecule is Cc1cc(Br)cc(C)c1NS(=O)(=O)c1cccnc1. The largest absolute Gasteiger partial charge is 0.279 e. The first kappa shape index (κ1) is 14.0. The smallest absolute Gasteiger partial charge is 0.263 e. The minimum Gasteiger partial charge on any atom is -0.279 e. The van der Waals surface area contributed by atoms with Gasteiger partial charge in [-0.25, -0.2) is 8.42 Å². The van der Waals surface area contributed by atoms with Gasteiger partial charge in [0.05, 0.1) is 5.69 Å². The van der Waals surface area contributed by atoms with E-state index in [9.17, 15) is 8.42 Å². The molecule has 0 aliphatic carbocycles. The van der Waals surface area contributed by atoms with Crippen LogP contribution in [-0.4, -0.2) is 13.4 Å². The Hall–Kier alpha value is -1.40. The van der Waals surface area contributed by atoms with E-state index in [4.69, 9.17) is 0 Å². The molecule has 0 unspecified atom stereocenters. The summed E-state index contributed by atoms with van der Waals surface area (Å²) in [6.07, 6.45) is 2.86. The highest BCUT2D eigenvalue weighted by molar-refractivity contribution is 9.10. The van der Waals surface area contributed by atoms with E-state index in [0.29, 0.717) is 5.69 Å². The minimum absolute atomic E-state index is 0.150. The molecule has 1 aromatic heterocycles. The lowest BCUT2D eigenvalue weighted by atomic mass is 10.1. The van der Waals surface area contributed by atoms with Gasteiger partial charge in [0.25, 0.3) is 10.0 Å². The van der Waals surface area contributed by atoms with Crippen LogP contribution in [0, 0.1) is 13.8 Å². The van der Waals surface area contributed by atoms with Crippen molar-refractivity contribution in [2.45, 2.75) is 18.7 Å². The van der Waals surface area contributed by atoms with Gasteiger partial charge >= 0.3 is 0 Å². The Bertz CT molecular complexity index is 677. The maximum Gasteiger partial charge on any atom is 0.263 e. The molecule has 0 aliphatic heterocycles. The van der Waals surface area contributed by atoms with Crippen molar-refractivity contribution in [2.24, 2.45) is 0 Å². The number of anilines is 1. The van der Waals surface area contributed by atoms with E-state index in [0.717, 1.165) is 15.6 Å². The molecule has 0 fully saturated rings. The number of nitrogens with one attached hydrogen (secondary N) is 1. The number of rotatable bonds is 3. The molecule has 1 N–H and O–H groups in total. The van der Waals surface area contributed by atoms with Crippen molar-refractivity contribution in [3.8, 4) is 0 Å². The molecule has 100 valence electrons. The second-order valence-electron chi connectivity index (χ2n) is 4.21. The number of nitrogens with zero attached hydrogens (tertiary/aromatic N) is 1. The zero-order valence-corrected chi connectivity index (χ0v) is 12.9. The maximum absolute atomic E-state index is 12.2. The average Bonchev–Trinajstić information content (AvgIpc) is 2.35. The first-order chi connectivity index (χ1) is 8.90. The lowest BCUT2D eigenvalue weighted by Crippen LogP contribution is -2.14. The Balaban J connectivity index is 2.42. The lowest BCUT2D eigenvalue weighted by Gasteiger charge is -2.13. The van der Waals surface area contributed by atoms with Gasteiger partial charge < -0.3 is 0 Å². The van der Waals surface area contributed by atoms with Crippen molar-refractivity contribution in [2.75, 3.05) is 4.72 Å². The van der Waals surface area contributed by atoms with Crippen molar-refractivity contribution >= 4 is 31.6 Å². The summed E-state index contributed by atoms with van der Waals surface area (Å²) in [6.45, 7) is 3.72. The molecule has 1 aromatic carbocycles. The van der Waals surface area contributed by atoms with Crippen molar-refractivity contribution in [3.05, 3.63) is 52.3 Å². The summed E-state index contributed by atoms with van der Waals surface area (Å²) in [5.74, 6) is 0. The van der Waals surface area contributed by atoms with Crippen molar-refractivity contribution in [3.63, 3.8) is 0 Å². The van der Waals surface area contributed by atoms with Crippen molar-refractivity contribution in [1.82, 2.24) is 4.98 Å². The van der Waals surface area contributed by atoms with Crippen LogP contribution in [0.3, 0.4) is 0 Å². The van der Waals surface area contributed by atoms with Crippen LogP contribution in [-0.2, 0) is 10.0 Å². The van der Waals surface area contributed by atoms with Gasteiger partial charge in [-0.05, 0) is 49.2 Å². The maximum atomic E-state index is 12.2. The molecule has 2 rings (SSSR count). The number of aromatic nitrogens is 1. The predicted molar refractivity (Wildman–Crippen MR) is 78.7 cm³/mol. The monoisotopic (exact) mass is 340 g/mol. The topological polar surface area (TPSA) is 59.1 Å². The van der Waals surface area contributed by atoms with E-state index in [-0.39, 0.29) is 4.90 Å². The highest BCUT2D eigenvalue weighted by Gasteiger charge is 2.16. The van der Waals surface area contributed by atoms with E-state index in [1.54, 1.807) is 6.07 Å². The summed E-state index contributed by atoms with van der Waals surface area (Å²) in [6, 6.07) is 6.84. The Morgan fingerprint density at radius 1 is 1.21 bits per heavy atom. The first-order valence-electron chi connectivity index (χ1n) is 5.60. The van der Waals surface area contributed by atoms with E-state index >= 15 is 0 Å². The Morgan fingerprint density at radius 3 is 2.37 bits per heavy atom. The molecular weight excluding hydrogens is 328 g/mol. The molecule has 2 aromatic rings. The molecule has 0 radical (unpaired) electrons. The first-order valence-corrected chi connectivity index (χ1v) is 7.87. The van der Waals surface area contributed by atoms with Crippen molar-refractivity contribution < 1.29 is 8.42 Å². The fourth-order valence-electron chi connectivity index (χ4n) is 1.77. The molecule has 0 saturated carbocycles. The van der Waals surface area contributed by atoms with Gasteiger partial charge in [0, 0.05) is 16.9 Å². The molecule has 0 aliphatic rings. The third kappa shape index (κ3) is 3.13. The van der Waals surface area contributed by atoms with Crippen LogP contribution in [0.15, 0.2) is 46.0 Å². The second kappa shape index (κ2) is 5.30. The normalized spacial score (nSPS) is 11.3. The highest BCUT2D eigenvalue weighted by atomic mass is 79.9. The summed E-state index contributed by atoms with van der Waals surface area (Å²) in [5, 5.41) is 0. The molecule has 0 spiro atoms. The predicted octanol–water partition coefficient (Wildman–Crippen LogP) is 3.26. The lowest BCUT2D eigenvalue weighted by molar-refractivity contribution is 0.600. The number of hydrogen-bond acceptors (Lipinski definition) is 3. The number of aryl methyl sites for hydroxylation is 2. The number of sulfonamides is 1. The number of benzene rings is 1. The minimum atomic E-state index is -3.60. The standard InChI is InChI=1S/C13H13BrN2O2S/c1-9-6-11(14)7-10(2)13(9)16-19(17,18)12-4-3-5-15-8-12/h3-8,16H,1-2H3. The molecule has 0 bridgehead atoms. The van der Waals surface area contributed by atoms with Crippen LogP contribution >= 0.6 is 15.9 Å². The Labute approximate surface area is 121 Å². The van der Waals surface area contributed by atoms with Gasteiger partial charge in [-0.1, -0.05) is 15.9 Å². The molecule has 0 atom stereocenters. The van der Waals surface area contributed by atoms with Gasteiger partial charge in [-0.2, -0.15) is 0 Å². The van der Waals surface area contributed by atoms with Crippen molar-refractivity contribution in [1.29, 1.82) is 0 Å². The zero-order chi connectivity index (χ0) is 14.0. The number of hydrogen-bond donors (Lipinski definition) is 1. The third-order valence-electron chi connectivity index (χ3n) is 2.68. The Kier molecular flexibility index (Phi) is 3.91. The average molecular weight is 341 g/mol. The molecule has 6 heteroatoms. The quantitative estimate of drug-likeness (QED) is 0.932. The number of pyridine rings is 1. The summed E-state index contributed by atoms with van der Waals surface area (Å²) < 4.78 is 28.0. The highest BCUT2D eigenvalue weighted by Crippen LogP contribution is 2.27. The van der Waals surface area contributed by atoms with Gasteiger partial charge in [0.15, 0.2) is 0 Å². The Morgan fingerprint density at radius 2 is 1.84 bits per heavy atom. The summed E-state index contributed by atoms with van der Waals surface area (Å²) in [7, 11) is -3.60. The molecule has 1 heterocycles. The zero-order valence-electron chi connectivity index (χ0n) is 10.5. The van der Waals surface area contributed by atoms with Gasteiger partial charge in [-0.15, -0.1) is 0 Å². The van der Waals surface area contributed by atoms with Crippen LogP contribution in [0.25, 0.3) is 0 Å². The van der Waals surface area contributed by atoms with Crippen LogP contribution < -0.4 is 4.72 Å². The summed E-state index contributed by atoms with van der Waals surface area (Å²) in [4.78, 5) is 3.97. The van der Waals surface area contributed by atoms with Gasteiger partial charge in [0.1, 0.15) is 4.90 Å². The van der Waals surface area contributed by atoms with E-state index in [1.807, 2.05) is 26.0 Å². The molecule has 0 amide bonds. The fraction of sp³-hybridized carbons (Fsp3) is 0.154. The van der Waals surface area contributed by atoms with E-state index < -0.39 is 10.0 Å². The number of halogens is 1. The molecule has 4 nitrogen and oxygen atoms in total. The van der Waals surface area contributed by atoms with Crippen LogP contribution in [0.1, 0.15) is 11.1 Å². The van der Waals surface area contributed by atoms with Crippen LogP contribution in [0.4, 0.5) is 5.69 Å². The molecule has 0 saturated heterocycles. The van der Waals surface area contributed by atoms with E-state index in [1.165, 1.54) is 18.5 Å². The van der Waals surface area contributed by atoms with Crippen LogP contribution in [0.5, 0.6) is 0 Å². The second-order valence-corrected chi connectivity index (χ2v) is 6.81. The van der Waals surface area contributed by atoms with E-state index in [2.05, 4.69) is 25.6 Å². The van der Waals surface area contributed by atoms with Gasteiger partial charge in [-0.3, -0.25) is 9.71 Å². The van der Waals surface area contributed by atoms with Crippen LogP contribution in [0.2, 0.25) is 0 Å². The third-order valence-corrected chi connectivity index (χ3v) is 4.47.